The first-order valence-electron chi connectivity index (χ1n) is 4.95. The van der Waals surface area contributed by atoms with Gasteiger partial charge in [-0.05, 0) is 31.2 Å². The average Bonchev–Trinajstić information content (AvgIpc) is 2.38. The standard InChI is InChI=1S/C10H16N2O/c1-13-7-10-8-5-3-2-4-6-9(8)11-12-10/h2-7H2,1H3,(H,11,12). The fourth-order valence-corrected chi connectivity index (χ4v) is 1.98. The number of aromatic nitrogens is 2. The Balaban J connectivity index is 2.23. The van der Waals surface area contributed by atoms with Crippen molar-refractivity contribution in [1.82, 2.24) is 10.2 Å². The quantitative estimate of drug-likeness (QED) is 0.705. The highest BCUT2D eigenvalue weighted by Crippen LogP contribution is 2.21. The summed E-state index contributed by atoms with van der Waals surface area (Å²) in [6.07, 6.45) is 6.22. The lowest BCUT2D eigenvalue weighted by Crippen LogP contribution is -1.94. The number of rotatable bonds is 2. The molecular weight excluding hydrogens is 164 g/mol. The molecule has 0 unspecified atom stereocenters. The molecule has 3 heteroatoms. The second-order valence-electron chi connectivity index (χ2n) is 3.62. The van der Waals surface area contributed by atoms with Crippen molar-refractivity contribution >= 4 is 0 Å². The predicted octanol–water partition coefficient (Wildman–Crippen LogP) is 1.83. The van der Waals surface area contributed by atoms with E-state index < -0.39 is 0 Å². The Bertz CT molecular complexity index is 280. The van der Waals surface area contributed by atoms with Gasteiger partial charge in [0, 0.05) is 7.11 Å². The third-order valence-electron chi connectivity index (χ3n) is 2.67. The summed E-state index contributed by atoms with van der Waals surface area (Å²) in [6, 6.07) is 0. The molecule has 0 saturated carbocycles. The lowest BCUT2D eigenvalue weighted by Gasteiger charge is -2.00. The molecule has 0 spiro atoms. The summed E-state index contributed by atoms with van der Waals surface area (Å²) in [5, 5.41) is 7.40. The molecular formula is C10H16N2O. The molecule has 0 aliphatic heterocycles. The molecule has 72 valence electrons. The number of H-pyrrole nitrogens is 1. The van der Waals surface area contributed by atoms with E-state index in [-0.39, 0.29) is 0 Å². The molecule has 0 amide bonds. The molecule has 0 fully saturated rings. The minimum Gasteiger partial charge on any atom is -0.378 e. The molecule has 3 nitrogen and oxygen atoms in total. The summed E-state index contributed by atoms with van der Waals surface area (Å²) in [6.45, 7) is 0.669. The normalized spacial score (nSPS) is 16.7. The highest BCUT2D eigenvalue weighted by molar-refractivity contribution is 5.26. The van der Waals surface area contributed by atoms with E-state index in [9.17, 15) is 0 Å². The van der Waals surface area contributed by atoms with Gasteiger partial charge >= 0.3 is 0 Å². The molecule has 13 heavy (non-hydrogen) atoms. The Kier molecular flexibility index (Phi) is 2.64. The molecule has 0 radical (unpaired) electrons. The van der Waals surface area contributed by atoms with Gasteiger partial charge in [0.15, 0.2) is 0 Å². The van der Waals surface area contributed by atoms with Gasteiger partial charge in [-0.3, -0.25) is 5.10 Å². The van der Waals surface area contributed by atoms with Crippen LogP contribution in [0, 0.1) is 0 Å². The lowest BCUT2D eigenvalue weighted by atomic mass is 10.1. The third-order valence-corrected chi connectivity index (χ3v) is 2.67. The van der Waals surface area contributed by atoms with Crippen LogP contribution in [0.3, 0.4) is 0 Å². The van der Waals surface area contributed by atoms with Gasteiger partial charge in [0.25, 0.3) is 0 Å². The van der Waals surface area contributed by atoms with Gasteiger partial charge in [0.05, 0.1) is 18.0 Å². The van der Waals surface area contributed by atoms with Gasteiger partial charge in [-0.15, -0.1) is 0 Å². The van der Waals surface area contributed by atoms with E-state index >= 15 is 0 Å². The zero-order valence-electron chi connectivity index (χ0n) is 8.10. The molecule has 0 saturated heterocycles. The smallest absolute Gasteiger partial charge is 0.0881 e. The Labute approximate surface area is 78.5 Å². The molecule has 1 heterocycles. The van der Waals surface area contributed by atoms with Crippen LogP contribution in [0.2, 0.25) is 0 Å². The van der Waals surface area contributed by atoms with E-state index in [4.69, 9.17) is 4.74 Å². The summed E-state index contributed by atoms with van der Waals surface area (Å²) in [4.78, 5) is 0. The van der Waals surface area contributed by atoms with Crippen molar-refractivity contribution in [3.05, 3.63) is 17.0 Å². The van der Waals surface area contributed by atoms with Crippen molar-refractivity contribution in [3.63, 3.8) is 0 Å². The van der Waals surface area contributed by atoms with E-state index in [1.165, 1.54) is 42.6 Å². The van der Waals surface area contributed by atoms with Crippen LogP contribution in [0.4, 0.5) is 0 Å². The second kappa shape index (κ2) is 3.92. The first-order valence-corrected chi connectivity index (χ1v) is 4.95. The minimum absolute atomic E-state index is 0.669. The van der Waals surface area contributed by atoms with Gasteiger partial charge in [0.2, 0.25) is 0 Å². The molecule has 1 aliphatic carbocycles. The van der Waals surface area contributed by atoms with Crippen LogP contribution in [0.15, 0.2) is 0 Å². The molecule has 0 bridgehead atoms. The maximum Gasteiger partial charge on any atom is 0.0881 e. The largest absolute Gasteiger partial charge is 0.378 e. The Morgan fingerprint density at radius 2 is 2.15 bits per heavy atom. The summed E-state index contributed by atoms with van der Waals surface area (Å²) >= 11 is 0. The topological polar surface area (TPSA) is 37.9 Å². The molecule has 1 aliphatic rings. The molecule has 1 aromatic heterocycles. The van der Waals surface area contributed by atoms with E-state index in [1.54, 1.807) is 7.11 Å². The molecule has 1 N–H and O–H groups in total. The summed E-state index contributed by atoms with van der Waals surface area (Å²) < 4.78 is 5.12. The van der Waals surface area contributed by atoms with Crippen LogP contribution in [0.25, 0.3) is 0 Å². The lowest BCUT2D eigenvalue weighted by molar-refractivity contribution is 0.180. The van der Waals surface area contributed by atoms with Crippen molar-refractivity contribution in [1.29, 1.82) is 0 Å². The highest BCUT2D eigenvalue weighted by Gasteiger charge is 2.14. The predicted molar refractivity (Wildman–Crippen MR) is 50.6 cm³/mol. The van der Waals surface area contributed by atoms with Crippen molar-refractivity contribution < 1.29 is 4.74 Å². The van der Waals surface area contributed by atoms with Crippen LogP contribution >= 0.6 is 0 Å². The fraction of sp³-hybridized carbons (Fsp3) is 0.700. The van der Waals surface area contributed by atoms with Gasteiger partial charge in [-0.25, -0.2) is 0 Å². The molecule has 0 atom stereocenters. The number of nitrogens with one attached hydrogen (secondary N) is 1. The van der Waals surface area contributed by atoms with Crippen LogP contribution in [0.5, 0.6) is 0 Å². The maximum atomic E-state index is 5.12. The van der Waals surface area contributed by atoms with Crippen LogP contribution in [-0.2, 0) is 24.2 Å². The van der Waals surface area contributed by atoms with Crippen LogP contribution in [-0.4, -0.2) is 17.3 Å². The van der Waals surface area contributed by atoms with Crippen molar-refractivity contribution in [3.8, 4) is 0 Å². The maximum absolute atomic E-state index is 5.12. The average molecular weight is 180 g/mol. The highest BCUT2D eigenvalue weighted by atomic mass is 16.5. The first-order chi connectivity index (χ1) is 6.42. The number of fused-ring (bicyclic) bond motifs is 1. The van der Waals surface area contributed by atoms with Gasteiger partial charge in [-0.1, -0.05) is 6.42 Å². The monoisotopic (exact) mass is 180 g/mol. The SMILES string of the molecule is COCc1[nH]nc2c1CCCCC2. The second-order valence-corrected chi connectivity index (χ2v) is 3.62. The van der Waals surface area contributed by atoms with Gasteiger partial charge in [0.1, 0.15) is 0 Å². The Morgan fingerprint density at radius 3 is 3.00 bits per heavy atom. The van der Waals surface area contributed by atoms with E-state index in [1.807, 2.05) is 0 Å². The van der Waals surface area contributed by atoms with Crippen molar-refractivity contribution in [2.75, 3.05) is 7.11 Å². The Hall–Kier alpha value is -0.830. The van der Waals surface area contributed by atoms with Crippen molar-refractivity contribution in [2.45, 2.75) is 38.7 Å². The van der Waals surface area contributed by atoms with E-state index in [0.29, 0.717) is 6.61 Å². The number of hydrogen-bond acceptors (Lipinski definition) is 2. The van der Waals surface area contributed by atoms with Crippen LogP contribution < -0.4 is 0 Å². The number of ether oxygens (including phenoxy) is 1. The Morgan fingerprint density at radius 1 is 1.31 bits per heavy atom. The van der Waals surface area contributed by atoms with Gasteiger partial charge < -0.3 is 4.74 Å². The van der Waals surface area contributed by atoms with Gasteiger partial charge in [-0.2, -0.15) is 5.10 Å². The summed E-state index contributed by atoms with van der Waals surface area (Å²) in [5.41, 5.74) is 3.86. The fourth-order valence-electron chi connectivity index (χ4n) is 1.98. The zero-order chi connectivity index (χ0) is 9.10. The van der Waals surface area contributed by atoms with Crippen molar-refractivity contribution in [2.24, 2.45) is 0 Å². The molecule has 1 aromatic rings. The first kappa shape index (κ1) is 8.75. The number of hydrogen-bond donors (Lipinski definition) is 1. The van der Waals surface area contributed by atoms with Crippen LogP contribution in [0.1, 0.15) is 36.2 Å². The minimum atomic E-state index is 0.669. The molecule has 2 rings (SSSR count). The summed E-state index contributed by atoms with van der Waals surface area (Å²) in [7, 11) is 1.73. The van der Waals surface area contributed by atoms with E-state index in [2.05, 4.69) is 10.2 Å². The number of aromatic amines is 1. The van der Waals surface area contributed by atoms with E-state index in [0.717, 1.165) is 6.42 Å². The number of methoxy groups -OCH3 is 1. The number of nitrogens with zero attached hydrogens (tertiary/aromatic N) is 1. The summed E-state index contributed by atoms with van der Waals surface area (Å²) in [5.74, 6) is 0. The third kappa shape index (κ3) is 1.75. The zero-order valence-corrected chi connectivity index (χ0v) is 8.10. The molecule has 0 aromatic carbocycles. The number of aryl methyl sites for hydroxylation is 1.